The van der Waals surface area contributed by atoms with Gasteiger partial charge in [-0.3, -0.25) is 10.2 Å². The molecule has 1 fully saturated rings. The summed E-state index contributed by atoms with van der Waals surface area (Å²) in [6.07, 6.45) is 5.20. The highest BCUT2D eigenvalue weighted by atomic mass is 16.2. The number of allylic oxidation sites excluding steroid dienone is 1. The molecular formula is C8H13N3O. The van der Waals surface area contributed by atoms with Gasteiger partial charge in [-0.1, -0.05) is 12.2 Å². The number of hydrogen-bond acceptors (Lipinski definition) is 3. The van der Waals surface area contributed by atoms with Crippen molar-refractivity contribution in [2.75, 3.05) is 0 Å². The summed E-state index contributed by atoms with van der Waals surface area (Å²) in [5.41, 5.74) is 8.04. The van der Waals surface area contributed by atoms with Crippen LogP contribution in [0.25, 0.3) is 0 Å². The van der Waals surface area contributed by atoms with Crippen LogP contribution in [0.3, 0.4) is 0 Å². The van der Waals surface area contributed by atoms with E-state index in [-0.39, 0.29) is 17.9 Å². The van der Waals surface area contributed by atoms with E-state index in [1.165, 1.54) is 0 Å². The number of nitrogens with one attached hydrogen (secondary N) is 1. The molecule has 4 heteroatoms. The fourth-order valence-electron chi connectivity index (χ4n) is 2.33. The molecule has 5 N–H and O–H groups in total. The Bertz CT molecular complexity index is 238. The molecule has 1 amide bonds. The van der Waals surface area contributed by atoms with Crippen LogP contribution in [0.15, 0.2) is 12.2 Å². The number of hydrazine groups is 1. The first-order valence-corrected chi connectivity index (χ1v) is 4.18. The van der Waals surface area contributed by atoms with Crippen LogP contribution < -0.4 is 17.0 Å². The maximum Gasteiger partial charge on any atom is 0.239 e. The average molecular weight is 167 g/mol. The number of hydrogen-bond donors (Lipinski definition) is 3. The van der Waals surface area contributed by atoms with E-state index >= 15 is 0 Å². The smallest absolute Gasteiger partial charge is 0.239 e. The molecule has 0 aromatic carbocycles. The lowest BCUT2D eigenvalue weighted by Crippen LogP contribution is -2.46. The van der Waals surface area contributed by atoms with Gasteiger partial charge in [-0.25, -0.2) is 5.84 Å². The Hall–Kier alpha value is -0.870. The maximum absolute atomic E-state index is 11.3. The summed E-state index contributed by atoms with van der Waals surface area (Å²) in [7, 11) is 0. The van der Waals surface area contributed by atoms with Crippen LogP contribution in [0.4, 0.5) is 0 Å². The first-order valence-electron chi connectivity index (χ1n) is 4.18. The van der Waals surface area contributed by atoms with E-state index in [0.29, 0.717) is 11.8 Å². The van der Waals surface area contributed by atoms with Crippen molar-refractivity contribution in [1.29, 1.82) is 0 Å². The molecule has 0 aromatic rings. The fraction of sp³-hybridized carbons (Fsp3) is 0.625. The summed E-state index contributed by atoms with van der Waals surface area (Å²) in [6.45, 7) is 0. The lowest BCUT2D eigenvalue weighted by molar-refractivity contribution is -0.126. The Balaban J connectivity index is 2.18. The molecule has 4 atom stereocenters. The normalized spacial score (nSPS) is 43.5. The number of rotatable bonds is 1. The monoisotopic (exact) mass is 167 g/mol. The van der Waals surface area contributed by atoms with Crippen molar-refractivity contribution >= 4 is 5.91 Å². The van der Waals surface area contributed by atoms with Crippen molar-refractivity contribution in [1.82, 2.24) is 5.43 Å². The SMILES string of the molecule is NNC(=O)[C@@H]1[C@H](N)[C@H]2C=C[C@@H]1C2. The van der Waals surface area contributed by atoms with Crippen LogP contribution >= 0.6 is 0 Å². The zero-order valence-electron chi connectivity index (χ0n) is 6.73. The van der Waals surface area contributed by atoms with Crippen molar-refractivity contribution in [3.63, 3.8) is 0 Å². The molecule has 12 heavy (non-hydrogen) atoms. The van der Waals surface area contributed by atoms with Crippen LogP contribution in [0.1, 0.15) is 6.42 Å². The fourth-order valence-corrected chi connectivity index (χ4v) is 2.33. The number of fused-ring (bicyclic) bond motifs is 2. The maximum atomic E-state index is 11.3. The van der Waals surface area contributed by atoms with Gasteiger partial charge in [-0.15, -0.1) is 0 Å². The highest BCUT2D eigenvalue weighted by Gasteiger charge is 2.45. The van der Waals surface area contributed by atoms with Gasteiger partial charge in [0.15, 0.2) is 0 Å². The number of carbonyl (C=O) groups is 1. The molecule has 0 spiro atoms. The number of amides is 1. The van der Waals surface area contributed by atoms with Crippen molar-refractivity contribution in [2.24, 2.45) is 29.3 Å². The Morgan fingerprint density at radius 1 is 1.42 bits per heavy atom. The van der Waals surface area contributed by atoms with Crippen molar-refractivity contribution in [3.8, 4) is 0 Å². The largest absolute Gasteiger partial charge is 0.326 e. The highest BCUT2D eigenvalue weighted by molar-refractivity contribution is 5.80. The number of carbonyl (C=O) groups excluding carboxylic acids is 1. The molecule has 66 valence electrons. The summed E-state index contributed by atoms with van der Waals surface area (Å²) in [4.78, 5) is 11.3. The molecule has 2 aliphatic carbocycles. The van der Waals surface area contributed by atoms with Gasteiger partial charge < -0.3 is 5.73 Å². The molecule has 0 saturated heterocycles. The molecule has 0 heterocycles. The topological polar surface area (TPSA) is 81.1 Å². The average Bonchev–Trinajstić information content (AvgIpc) is 2.63. The van der Waals surface area contributed by atoms with Gasteiger partial charge in [0.1, 0.15) is 0 Å². The summed E-state index contributed by atoms with van der Waals surface area (Å²) in [5.74, 6) is 5.53. The zero-order valence-corrected chi connectivity index (χ0v) is 6.73. The Morgan fingerprint density at radius 2 is 2.08 bits per heavy atom. The van der Waals surface area contributed by atoms with E-state index in [0.717, 1.165) is 6.42 Å². The minimum absolute atomic E-state index is 0.0384. The van der Waals surface area contributed by atoms with Gasteiger partial charge >= 0.3 is 0 Å². The minimum Gasteiger partial charge on any atom is -0.326 e. The summed E-state index contributed by atoms with van der Waals surface area (Å²) in [6, 6.07) is -0.0384. The zero-order chi connectivity index (χ0) is 8.72. The van der Waals surface area contributed by atoms with Gasteiger partial charge in [-0.2, -0.15) is 0 Å². The van der Waals surface area contributed by atoms with Gasteiger partial charge in [0.25, 0.3) is 0 Å². The first-order chi connectivity index (χ1) is 5.74. The summed E-state index contributed by atoms with van der Waals surface area (Å²) >= 11 is 0. The third kappa shape index (κ3) is 0.884. The van der Waals surface area contributed by atoms with E-state index < -0.39 is 0 Å². The molecule has 2 aliphatic rings. The molecule has 2 rings (SSSR count). The van der Waals surface area contributed by atoms with Gasteiger partial charge in [-0.05, 0) is 18.3 Å². The highest BCUT2D eigenvalue weighted by Crippen LogP contribution is 2.42. The van der Waals surface area contributed by atoms with Crippen LogP contribution in [0.5, 0.6) is 0 Å². The van der Waals surface area contributed by atoms with E-state index in [9.17, 15) is 4.79 Å². The summed E-state index contributed by atoms with van der Waals surface area (Å²) in [5, 5.41) is 0. The Morgan fingerprint density at radius 3 is 2.58 bits per heavy atom. The third-order valence-corrected chi connectivity index (χ3v) is 2.97. The second-order valence-corrected chi connectivity index (χ2v) is 3.56. The van der Waals surface area contributed by atoms with Crippen LogP contribution in [-0.4, -0.2) is 11.9 Å². The molecule has 0 unspecified atom stereocenters. The van der Waals surface area contributed by atoms with Crippen LogP contribution in [0, 0.1) is 17.8 Å². The lowest BCUT2D eigenvalue weighted by Gasteiger charge is -2.22. The second-order valence-electron chi connectivity index (χ2n) is 3.56. The first kappa shape index (κ1) is 7.76. The minimum atomic E-state index is -0.126. The predicted octanol–water partition coefficient (Wildman–Crippen LogP) is -0.874. The van der Waals surface area contributed by atoms with Gasteiger partial charge in [0.05, 0.1) is 5.92 Å². The Kier molecular flexibility index (Phi) is 1.66. The van der Waals surface area contributed by atoms with Crippen molar-refractivity contribution < 1.29 is 4.79 Å². The molecule has 1 saturated carbocycles. The lowest BCUT2D eigenvalue weighted by atomic mass is 9.89. The predicted molar refractivity (Wildman–Crippen MR) is 44.5 cm³/mol. The quantitative estimate of drug-likeness (QED) is 0.205. The van der Waals surface area contributed by atoms with E-state index in [4.69, 9.17) is 11.6 Å². The van der Waals surface area contributed by atoms with Crippen LogP contribution in [-0.2, 0) is 4.79 Å². The molecule has 4 nitrogen and oxygen atoms in total. The van der Waals surface area contributed by atoms with Gasteiger partial charge in [0.2, 0.25) is 5.91 Å². The van der Waals surface area contributed by atoms with Crippen LogP contribution in [0.2, 0.25) is 0 Å². The van der Waals surface area contributed by atoms with E-state index in [2.05, 4.69) is 17.6 Å². The van der Waals surface area contributed by atoms with E-state index in [1.807, 2.05) is 0 Å². The number of nitrogens with two attached hydrogens (primary N) is 2. The molecule has 0 aromatic heterocycles. The second kappa shape index (κ2) is 2.57. The van der Waals surface area contributed by atoms with Crippen molar-refractivity contribution in [2.45, 2.75) is 12.5 Å². The van der Waals surface area contributed by atoms with E-state index in [1.54, 1.807) is 0 Å². The van der Waals surface area contributed by atoms with Gasteiger partial charge in [0, 0.05) is 6.04 Å². The Labute approximate surface area is 71.0 Å². The molecular weight excluding hydrogens is 154 g/mol. The third-order valence-electron chi connectivity index (χ3n) is 2.97. The standard InChI is InChI=1S/C8H13N3O/c9-7-5-2-1-4(3-5)6(7)8(12)11-10/h1-2,4-7H,3,9-10H2,(H,11,12)/t4-,5+,6+,7-/m1/s1. The molecule has 0 aliphatic heterocycles. The molecule has 0 radical (unpaired) electrons. The summed E-state index contributed by atoms with van der Waals surface area (Å²) < 4.78 is 0. The molecule has 2 bridgehead atoms. The van der Waals surface area contributed by atoms with Crippen molar-refractivity contribution in [3.05, 3.63) is 12.2 Å².